The van der Waals surface area contributed by atoms with E-state index in [2.05, 4.69) is 6.08 Å². The SMILES string of the molecule is CCC(=O)O[C@H]1C/C=C(\C)CCC2=C(COC(C)=O)C(=O)O[C@@H]2C=C1C. The van der Waals surface area contributed by atoms with Gasteiger partial charge in [0.2, 0.25) is 0 Å². The molecule has 0 spiro atoms. The molecule has 1 heterocycles. The number of ether oxygens (including phenoxy) is 3. The predicted molar refractivity (Wildman–Crippen MR) is 95.1 cm³/mol. The van der Waals surface area contributed by atoms with Gasteiger partial charge in [-0.05, 0) is 43.9 Å². The van der Waals surface area contributed by atoms with Gasteiger partial charge in [0.05, 0.1) is 5.57 Å². The molecule has 2 aliphatic rings. The van der Waals surface area contributed by atoms with E-state index in [1.54, 1.807) is 6.92 Å². The second-order valence-corrected chi connectivity index (χ2v) is 6.64. The molecule has 0 bridgehead atoms. The smallest absolute Gasteiger partial charge is 0.338 e. The van der Waals surface area contributed by atoms with Crippen LogP contribution in [0.5, 0.6) is 0 Å². The molecule has 1 aliphatic heterocycles. The van der Waals surface area contributed by atoms with E-state index >= 15 is 0 Å². The molecule has 0 aromatic heterocycles. The standard InChI is InChI=1S/C20H26O6/c1-5-19(22)25-17-9-7-12(2)6-8-15-16(11-24-14(4)21)20(23)26-18(15)10-13(17)3/h7,10,17-18H,5-6,8-9,11H2,1-4H3/b12-7+,13-10?/t17-,18+/m0/s1. The molecule has 2 atom stereocenters. The van der Waals surface area contributed by atoms with E-state index in [1.165, 1.54) is 6.92 Å². The Hall–Kier alpha value is -2.37. The molecule has 0 radical (unpaired) electrons. The molecule has 6 nitrogen and oxygen atoms in total. The molecule has 26 heavy (non-hydrogen) atoms. The summed E-state index contributed by atoms with van der Waals surface area (Å²) in [5, 5.41) is 0. The summed E-state index contributed by atoms with van der Waals surface area (Å²) in [4.78, 5) is 35.1. The Morgan fingerprint density at radius 2 is 2.00 bits per heavy atom. The van der Waals surface area contributed by atoms with Crippen molar-refractivity contribution in [2.45, 2.75) is 65.6 Å². The zero-order chi connectivity index (χ0) is 19.3. The number of allylic oxidation sites excluding steroid dienone is 1. The fourth-order valence-corrected chi connectivity index (χ4v) is 2.97. The van der Waals surface area contributed by atoms with Gasteiger partial charge < -0.3 is 14.2 Å². The van der Waals surface area contributed by atoms with Crippen molar-refractivity contribution < 1.29 is 28.6 Å². The zero-order valence-corrected chi connectivity index (χ0v) is 15.8. The van der Waals surface area contributed by atoms with Crippen LogP contribution in [0.4, 0.5) is 0 Å². The number of hydrogen-bond donors (Lipinski definition) is 0. The molecular formula is C20H26O6. The van der Waals surface area contributed by atoms with Crippen molar-refractivity contribution in [2.24, 2.45) is 0 Å². The van der Waals surface area contributed by atoms with Crippen molar-refractivity contribution >= 4 is 17.9 Å². The first-order chi connectivity index (χ1) is 12.3. The first-order valence-electron chi connectivity index (χ1n) is 8.91. The van der Waals surface area contributed by atoms with Crippen molar-refractivity contribution in [3.8, 4) is 0 Å². The quantitative estimate of drug-likeness (QED) is 0.434. The maximum atomic E-state index is 12.2. The number of fused-ring (bicyclic) bond motifs is 1. The average Bonchev–Trinajstić information content (AvgIpc) is 2.88. The van der Waals surface area contributed by atoms with Crippen LogP contribution in [0.25, 0.3) is 0 Å². The Balaban J connectivity index is 2.34. The van der Waals surface area contributed by atoms with Crippen molar-refractivity contribution in [3.05, 3.63) is 34.4 Å². The first kappa shape index (κ1) is 19.9. The fraction of sp³-hybridized carbons (Fsp3) is 0.550. The summed E-state index contributed by atoms with van der Waals surface area (Å²) in [7, 11) is 0. The van der Waals surface area contributed by atoms with Gasteiger partial charge in [-0.2, -0.15) is 0 Å². The molecule has 0 fully saturated rings. The first-order valence-corrected chi connectivity index (χ1v) is 8.91. The third-order valence-corrected chi connectivity index (χ3v) is 4.58. The predicted octanol–water partition coefficient (Wildman–Crippen LogP) is 3.17. The van der Waals surface area contributed by atoms with Gasteiger partial charge in [0.1, 0.15) is 18.8 Å². The summed E-state index contributed by atoms with van der Waals surface area (Å²) in [6, 6.07) is 0. The van der Waals surface area contributed by atoms with E-state index in [0.29, 0.717) is 24.8 Å². The molecule has 0 saturated carbocycles. The molecule has 0 aromatic rings. The highest BCUT2D eigenvalue weighted by atomic mass is 16.6. The number of rotatable bonds is 4. The Bertz CT molecular complexity index is 682. The van der Waals surface area contributed by atoms with Gasteiger partial charge in [-0.1, -0.05) is 18.6 Å². The summed E-state index contributed by atoms with van der Waals surface area (Å²) >= 11 is 0. The van der Waals surface area contributed by atoms with Gasteiger partial charge in [-0.15, -0.1) is 0 Å². The van der Waals surface area contributed by atoms with Gasteiger partial charge in [-0.3, -0.25) is 9.59 Å². The third-order valence-electron chi connectivity index (χ3n) is 4.58. The lowest BCUT2D eigenvalue weighted by atomic mass is 9.93. The Labute approximate surface area is 153 Å². The molecule has 0 amide bonds. The number of carbonyl (C=O) groups excluding carboxylic acids is 3. The van der Waals surface area contributed by atoms with Crippen molar-refractivity contribution in [1.82, 2.24) is 0 Å². The molecule has 0 aromatic carbocycles. The van der Waals surface area contributed by atoms with Gasteiger partial charge in [0, 0.05) is 19.8 Å². The average molecular weight is 362 g/mol. The number of hydrogen-bond acceptors (Lipinski definition) is 6. The van der Waals surface area contributed by atoms with E-state index in [9.17, 15) is 14.4 Å². The van der Waals surface area contributed by atoms with Crippen molar-refractivity contribution in [2.75, 3.05) is 6.61 Å². The van der Waals surface area contributed by atoms with Crippen LogP contribution in [0.2, 0.25) is 0 Å². The summed E-state index contributed by atoms with van der Waals surface area (Å²) in [6.45, 7) is 6.86. The van der Waals surface area contributed by atoms with Crippen LogP contribution in [-0.4, -0.2) is 36.7 Å². The van der Waals surface area contributed by atoms with E-state index in [4.69, 9.17) is 14.2 Å². The largest absolute Gasteiger partial charge is 0.461 e. The maximum absolute atomic E-state index is 12.2. The number of carbonyl (C=O) groups is 3. The summed E-state index contributed by atoms with van der Waals surface area (Å²) in [5.41, 5.74) is 3.21. The van der Waals surface area contributed by atoms with Gasteiger partial charge in [0.25, 0.3) is 0 Å². The second-order valence-electron chi connectivity index (χ2n) is 6.64. The van der Waals surface area contributed by atoms with Gasteiger partial charge >= 0.3 is 17.9 Å². The molecule has 142 valence electrons. The highest BCUT2D eigenvalue weighted by molar-refractivity contribution is 5.93. The lowest BCUT2D eigenvalue weighted by Crippen LogP contribution is -2.21. The Kier molecular flexibility index (Phi) is 6.77. The lowest BCUT2D eigenvalue weighted by molar-refractivity contribution is -0.147. The Morgan fingerprint density at radius 3 is 2.65 bits per heavy atom. The van der Waals surface area contributed by atoms with Crippen LogP contribution in [0.3, 0.4) is 0 Å². The minimum atomic E-state index is -0.512. The summed E-state index contributed by atoms with van der Waals surface area (Å²) in [5.74, 6) is -1.16. The maximum Gasteiger partial charge on any atom is 0.338 e. The van der Waals surface area contributed by atoms with Crippen LogP contribution >= 0.6 is 0 Å². The Morgan fingerprint density at radius 1 is 1.27 bits per heavy atom. The molecular weight excluding hydrogens is 336 g/mol. The molecule has 0 N–H and O–H groups in total. The minimum absolute atomic E-state index is 0.0795. The highest BCUT2D eigenvalue weighted by Crippen LogP contribution is 2.32. The topological polar surface area (TPSA) is 78.9 Å². The minimum Gasteiger partial charge on any atom is -0.461 e. The molecule has 2 rings (SSSR count). The summed E-state index contributed by atoms with van der Waals surface area (Å²) in [6.07, 6.45) is 5.31. The molecule has 0 saturated heterocycles. The van der Waals surface area contributed by atoms with E-state index in [0.717, 1.165) is 23.1 Å². The molecule has 6 heteroatoms. The normalized spacial score (nSPS) is 25.5. The third kappa shape index (κ3) is 5.07. The van der Waals surface area contributed by atoms with Crippen LogP contribution in [-0.2, 0) is 28.6 Å². The fourth-order valence-electron chi connectivity index (χ4n) is 2.97. The molecule has 1 aliphatic carbocycles. The van der Waals surface area contributed by atoms with Crippen LogP contribution in [0, 0.1) is 0 Å². The zero-order valence-electron chi connectivity index (χ0n) is 15.8. The highest BCUT2D eigenvalue weighted by Gasteiger charge is 2.34. The lowest BCUT2D eigenvalue weighted by Gasteiger charge is -2.21. The second kappa shape index (κ2) is 8.83. The van der Waals surface area contributed by atoms with Crippen LogP contribution in [0.15, 0.2) is 34.4 Å². The molecule has 0 unspecified atom stereocenters. The number of esters is 3. The van der Waals surface area contributed by atoms with Crippen molar-refractivity contribution in [1.29, 1.82) is 0 Å². The van der Waals surface area contributed by atoms with Gasteiger partial charge in [0.15, 0.2) is 0 Å². The van der Waals surface area contributed by atoms with E-state index < -0.39 is 18.0 Å². The van der Waals surface area contributed by atoms with E-state index in [1.807, 2.05) is 19.9 Å². The monoisotopic (exact) mass is 362 g/mol. The van der Waals surface area contributed by atoms with Gasteiger partial charge in [-0.25, -0.2) is 4.79 Å². The summed E-state index contributed by atoms with van der Waals surface area (Å²) < 4.78 is 16.0. The van der Waals surface area contributed by atoms with Crippen LogP contribution < -0.4 is 0 Å². The van der Waals surface area contributed by atoms with E-state index in [-0.39, 0.29) is 18.7 Å². The van der Waals surface area contributed by atoms with Crippen LogP contribution in [0.1, 0.15) is 53.4 Å². The van der Waals surface area contributed by atoms with Crippen molar-refractivity contribution in [3.63, 3.8) is 0 Å².